The van der Waals surface area contributed by atoms with Gasteiger partial charge >= 0.3 is 0 Å². The summed E-state index contributed by atoms with van der Waals surface area (Å²) >= 11 is 0. The van der Waals surface area contributed by atoms with E-state index in [2.05, 4.69) is 25.7 Å². The molecule has 1 aliphatic heterocycles. The maximum atomic E-state index is 13.7. The van der Waals surface area contributed by atoms with Gasteiger partial charge in [0.1, 0.15) is 16.9 Å². The zero-order valence-corrected chi connectivity index (χ0v) is 12.2. The third-order valence-corrected chi connectivity index (χ3v) is 4.12. The fraction of sp³-hybridized carbons (Fsp3) is 0.357. The van der Waals surface area contributed by atoms with E-state index in [4.69, 9.17) is 0 Å². The molecule has 4 rings (SSSR count). The number of amides is 1. The molecule has 1 saturated heterocycles. The third-order valence-electron chi connectivity index (χ3n) is 4.12. The predicted octanol–water partition coefficient (Wildman–Crippen LogP) is 0.993. The van der Waals surface area contributed by atoms with Gasteiger partial charge in [-0.2, -0.15) is 15.4 Å². The van der Waals surface area contributed by atoms with Gasteiger partial charge in [-0.1, -0.05) is 5.21 Å². The van der Waals surface area contributed by atoms with E-state index in [1.807, 2.05) is 0 Å². The number of hydrogen-bond acceptors (Lipinski definition) is 5. The van der Waals surface area contributed by atoms with Gasteiger partial charge in [0.25, 0.3) is 5.91 Å². The Labute approximate surface area is 130 Å². The van der Waals surface area contributed by atoms with Gasteiger partial charge in [0.2, 0.25) is 0 Å². The van der Waals surface area contributed by atoms with Crippen LogP contribution < -0.4 is 0 Å². The number of fused-ring (bicyclic) bond motifs is 1. The van der Waals surface area contributed by atoms with E-state index in [1.54, 1.807) is 22.0 Å². The first kappa shape index (κ1) is 13.8. The molecule has 0 radical (unpaired) electrons. The average molecular weight is 315 g/mol. The van der Waals surface area contributed by atoms with Crippen LogP contribution in [-0.2, 0) is 6.54 Å². The number of benzene rings is 1. The highest BCUT2D eigenvalue weighted by atomic mass is 19.1. The first-order valence-electron chi connectivity index (χ1n) is 7.37. The molecule has 1 amide bonds. The molecule has 0 spiro atoms. The minimum atomic E-state index is -0.498. The van der Waals surface area contributed by atoms with Crippen molar-refractivity contribution in [3.05, 3.63) is 35.9 Å². The van der Waals surface area contributed by atoms with E-state index in [0.29, 0.717) is 24.1 Å². The molecule has 1 fully saturated rings. The fourth-order valence-electron chi connectivity index (χ4n) is 3.07. The van der Waals surface area contributed by atoms with Crippen molar-refractivity contribution in [2.75, 3.05) is 6.54 Å². The standard InChI is InChI=1S/C14H14FN7O/c15-9-6-11(13-12(7-9)17-19-18-13)14(23)22-4-1-2-10(22)8-21-5-3-16-20-21/h3,5-7,10H,1-2,4,8H2,(H,17,18,19)/t10-/m0/s1. The Hall–Kier alpha value is -2.84. The van der Waals surface area contributed by atoms with Gasteiger partial charge < -0.3 is 4.90 Å². The Morgan fingerprint density at radius 2 is 2.30 bits per heavy atom. The van der Waals surface area contributed by atoms with Crippen LogP contribution >= 0.6 is 0 Å². The Kier molecular flexibility index (Phi) is 3.25. The second kappa shape index (κ2) is 5.41. The predicted molar refractivity (Wildman–Crippen MR) is 77.9 cm³/mol. The SMILES string of the molecule is O=C(c1cc(F)cc2n[nH]nc12)N1CCC[C@H]1Cn1ccnn1. The van der Waals surface area contributed by atoms with Gasteiger partial charge in [-0.15, -0.1) is 5.10 Å². The summed E-state index contributed by atoms with van der Waals surface area (Å²) in [5.74, 6) is -0.729. The summed E-state index contributed by atoms with van der Waals surface area (Å²) < 4.78 is 15.5. The number of aromatic nitrogens is 6. The average Bonchev–Trinajstić information content (AvgIpc) is 3.26. The lowest BCUT2D eigenvalue weighted by Crippen LogP contribution is -2.38. The summed E-state index contributed by atoms with van der Waals surface area (Å²) in [7, 11) is 0. The van der Waals surface area contributed by atoms with Crippen LogP contribution in [0.2, 0.25) is 0 Å². The van der Waals surface area contributed by atoms with Crippen LogP contribution in [0.25, 0.3) is 11.0 Å². The number of hydrogen-bond donors (Lipinski definition) is 1. The number of carbonyl (C=O) groups excluding carboxylic acids is 1. The molecule has 0 unspecified atom stereocenters. The minimum Gasteiger partial charge on any atom is -0.334 e. The zero-order chi connectivity index (χ0) is 15.8. The second-order valence-corrected chi connectivity index (χ2v) is 5.56. The molecule has 1 aromatic carbocycles. The number of likely N-dealkylation sites (tertiary alicyclic amines) is 1. The van der Waals surface area contributed by atoms with Crippen LogP contribution in [0.3, 0.4) is 0 Å². The van der Waals surface area contributed by atoms with Crippen LogP contribution in [0.1, 0.15) is 23.2 Å². The summed E-state index contributed by atoms with van der Waals surface area (Å²) in [5.41, 5.74) is 0.974. The molecule has 23 heavy (non-hydrogen) atoms. The van der Waals surface area contributed by atoms with E-state index in [-0.39, 0.29) is 17.5 Å². The summed E-state index contributed by atoms with van der Waals surface area (Å²) in [6.45, 7) is 1.21. The molecule has 0 saturated carbocycles. The first-order valence-corrected chi connectivity index (χ1v) is 7.37. The number of nitrogens with one attached hydrogen (secondary N) is 1. The first-order chi connectivity index (χ1) is 11.2. The van der Waals surface area contributed by atoms with Crippen molar-refractivity contribution in [3.63, 3.8) is 0 Å². The van der Waals surface area contributed by atoms with Crippen LogP contribution in [0, 0.1) is 5.82 Å². The largest absolute Gasteiger partial charge is 0.334 e. The van der Waals surface area contributed by atoms with Crippen LogP contribution in [0.4, 0.5) is 4.39 Å². The van der Waals surface area contributed by atoms with Crippen molar-refractivity contribution in [1.29, 1.82) is 0 Å². The topological polar surface area (TPSA) is 92.6 Å². The van der Waals surface area contributed by atoms with Crippen molar-refractivity contribution in [2.45, 2.75) is 25.4 Å². The van der Waals surface area contributed by atoms with Gasteiger partial charge in [-0.25, -0.2) is 4.39 Å². The molecule has 0 aliphatic carbocycles. The Bertz CT molecular complexity index is 844. The van der Waals surface area contributed by atoms with E-state index in [1.165, 1.54) is 12.1 Å². The zero-order valence-electron chi connectivity index (χ0n) is 12.2. The number of aromatic amines is 1. The third kappa shape index (κ3) is 2.43. The van der Waals surface area contributed by atoms with E-state index >= 15 is 0 Å². The summed E-state index contributed by atoms with van der Waals surface area (Å²) in [5, 5.41) is 18.0. The van der Waals surface area contributed by atoms with Crippen molar-refractivity contribution < 1.29 is 9.18 Å². The fourth-order valence-corrected chi connectivity index (χ4v) is 3.07. The Morgan fingerprint density at radius 1 is 1.39 bits per heavy atom. The van der Waals surface area contributed by atoms with Crippen LogP contribution in [-0.4, -0.2) is 53.8 Å². The molecule has 1 N–H and O–H groups in total. The number of H-pyrrole nitrogens is 1. The second-order valence-electron chi connectivity index (χ2n) is 5.56. The highest BCUT2D eigenvalue weighted by Gasteiger charge is 2.31. The van der Waals surface area contributed by atoms with E-state index < -0.39 is 5.82 Å². The van der Waals surface area contributed by atoms with Crippen molar-refractivity contribution >= 4 is 16.9 Å². The normalized spacial score (nSPS) is 18.0. The smallest absolute Gasteiger partial charge is 0.256 e. The maximum Gasteiger partial charge on any atom is 0.256 e. The number of carbonyl (C=O) groups is 1. The number of halogens is 1. The quantitative estimate of drug-likeness (QED) is 0.778. The summed E-state index contributed by atoms with van der Waals surface area (Å²) in [4.78, 5) is 14.6. The maximum absolute atomic E-state index is 13.7. The molecule has 0 bridgehead atoms. The van der Waals surface area contributed by atoms with Crippen molar-refractivity contribution in [2.24, 2.45) is 0 Å². The summed E-state index contributed by atoms with van der Waals surface area (Å²) in [6.07, 6.45) is 5.15. The lowest BCUT2D eigenvalue weighted by atomic mass is 10.1. The van der Waals surface area contributed by atoms with Gasteiger partial charge in [0, 0.05) is 18.8 Å². The van der Waals surface area contributed by atoms with Gasteiger partial charge in [0.15, 0.2) is 0 Å². The minimum absolute atomic E-state index is 0.00872. The van der Waals surface area contributed by atoms with E-state index in [9.17, 15) is 9.18 Å². The van der Waals surface area contributed by atoms with Crippen molar-refractivity contribution in [1.82, 2.24) is 35.3 Å². The van der Waals surface area contributed by atoms with Crippen LogP contribution in [0.15, 0.2) is 24.5 Å². The highest BCUT2D eigenvalue weighted by molar-refractivity contribution is 6.04. The molecule has 3 heterocycles. The molecule has 1 aliphatic rings. The lowest BCUT2D eigenvalue weighted by molar-refractivity contribution is 0.0722. The number of nitrogens with zero attached hydrogens (tertiary/aromatic N) is 6. The molecule has 8 nitrogen and oxygen atoms in total. The molecule has 1 atom stereocenters. The van der Waals surface area contributed by atoms with Gasteiger partial charge in [-0.05, 0) is 18.9 Å². The Morgan fingerprint density at radius 3 is 3.13 bits per heavy atom. The summed E-state index contributed by atoms with van der Waals surface area (Å²) in [6, 6.07) is 2.49. The monoisotopic (exact) mass is 315 g/mol. The van der Waals surface area contributed by atoms with Gasteiger partial charge in [0.05, 0.1) is 24.3 Å². The molecule has 3 aromatic rings. The molecular weight excluding hydrogens is 301 g/mol. The Balaban J connectivity index is 1.65. The molecule has 118 valence electrons. The van der Waals surface area contributed by atoms with Crippen LogP contribution in [0.5, 0.6) is 0 Å². The molecular formula is C14H14FN7O. The van der Waals surface area contributed by atoms with Gasteiger partial charge in [-0.3, -0.25) is 9.48 Å². The molecule has 2 aromatic heterocycles. The van der Waals surface area contributed by atoms with E-state index in [0.717, 1.165) is 12.8 Å². The molecule has 9 heteroatoms. The number of rotatable bonds is 3. The highest BCUT2D eigenvalue weighted by Crippen LogP contribution is 2.24. The lowest BCUT2D eigenvalue weighted by Gasteiger charge is -2.24. The van der Waals surface area contributed by atoms with Crippen molar-refractivity contribution in [3.8, 4) is 0 Å².